The Bertz CT molecular complexity index is 511. The highest BCUT2D eigenvalue weighted by Crippen LogP contribution is 2.10. The molecule has 0 aliphatic rings. The van der Waals surface area contributed by atoms with Gasteiger partial charge in [-0.2, -0.15) is 0 Å². The molecule has 9 nitrogen and oxygen atoms in total. The smallest absolute Gasteiger partial charge is 0.326 e. The fraction of sp³-hybridized carbons (Fsp3) is 0.765. The molecule has 0 bridgehead atoms. The van der Waals surface area contributed by atoms with Crippen molar-refractivity contribution in [3.05, 3.63) is 0 Å². The van der Waals surface area contributed by atoms with Gasteiger partial charge in [-0.3, -0.25) is 14.4 Å². The summed E-state index contributed by atoms with van der Waals surface area (Å²) in [5, 5.41) is 14.2. The summed E-state index contributed by atoms with van der Waals surface area (Å²) in [4.78, 5) is 47.2. The van der Waals surface area contributed by atoms with E-state index in [0.717, 1.165) is 0 Å². The van der Waals surface area contributed by atoms with Crippen molar-refractivity contribution < 1.29 is 24.3 Å². The van der Waals surface area contributed by atoms with Crippen LogP contribution in [0.3, 0.4) is 0 Å². The van der Waals surface area contributed by atoms with Gasteiger partial charge >= 0.3 is 5.97 Å². The Hall–Kier alpha value is -2.16. The van der Waals surface area contributed by atoms with Gasteiger partial charge in [0.05, 0.1) is 6.04 Å². The first-order valence-electron chi connectivity index (χ1n) is 8.92. The zero-order chi connectivity index (χ0) is 20.4. The summed E-state index contributed by atoms with van der Waals surface area (Å²) in [6.45, 7) is 7.21. The number of primary amides is 1. The number of carbonyl (C=O) groups is 4. The number of carboxylic acids is 1. The Morgan fingerprint density at radius 1 is 0.962 bits per heavy atom. The zero-order valence-electron chi connectivity index (χ0n) is 16.0. The molecule has 0 heterocycles. The van der Waals surface area contributed by atoms with Crippen LogP contribution in [0, 0.1) is 11.8 Å². The molecule has 3 amide bonds. The summed E-state index contributed by atoms with van der Waals surface area (Å²) in [6.07, 6.45) is 1.07. The van der Waals surface area contributed by atoms with E-state index in [1.54, 1.807) is 6.92 Å². The topological polar surface area (TPSA) is 165 Å². The molecule has 0 aliphatic carbocycles. The largest absolute Gasteiger partial charge is 0.480 e. The van der Waals surface area contributed by atoms with Crippen molar-refractivity contribution in [2.24, 2.45) is 23.3 Å². The van der Waals surface area contributed by atoms with Crippen molar-refractivity contribution in [2.75, 3.05) is 0 Å². The minimum absolute atomic E-state index is 0.0347. The van der Waals surface area contributed by atoms with E-state index in [-0.39, 0.29) is 24.7 Å². The van der Waals surface area contributed by atoms with Gasteiger partial charge in [-0.1, -0.05) is 40.5 Å². The van der Waals surface area contributed by atoms with Crippen LogP contribution in [-0.2, 0) is 19.2 Å². The van der Waals surface area contributed by atoms with Gasteiger partial charge in [0, 0.05) is 6.42 Å². The Morgan fingerprint density at radius 2 is 1.50 bits per heavy atom. The molecule has 0 rings (SSSR count). The predicted octanol–water partition coefficient (Wildman–Crippen LogP) is -0.274. The number of aliphatic carboxylic acids is 1. The Labute approximate surface area is 154 Å². The summed E-state index contributed by atoms with van der Waals surface area (Å²) in [7, 11) is 0. The van der Waals surface area contributed by atoms with Crippen molar-refractivity contribution in [1.29, 1.82) is 0 Å². The highest BCUT2D eigenvalue weighted by atomic mass is 16.4. The van der Waals surface area contributed by atoms with E-state index < -0.39 is 41.8 Å². The van der Waals surface area contributed by atoms with Crippen molar-refractivity contribution in [3.8, 4) is 0 Å². The fourth-order valence-corrected chi connectivity index (χ4v) is 2.27. The Balaban J connectivity index is 5.21. The normalized spacial score (nSPS) is 16.7. The van der Waals surface area contributed by atoms with Crippen LogP contribution in [-0.4, -0.2) is 46.9 Å². The van der Waals surface area contributed by atoms with Gasteiger partial charge in [-0.15, -0.1) is 0 Å². The molecule has 0 radical (unpaired) electrons. The van der Waals surface area contributed by atoms with E-state index in [0.29, 0.717) is 12.8 Å². The molecule has 5 atom stereocenters. The molecule has 150 valence electrons. The number of hydrogen-bond donors (Lipinski definition) is 5. The fourth-order valence-electron chi connectivity index (χ4n) is 2.27. The summed E-state index contributed by atoms with van der Waals surface area (Å²) < 4.78 is 0. The standard InChI is InChI=1S/C17H32N4O5/c1-5-9(3)13(19)16(24)20-11(7-8-12(18)22)15(23)21-14(17(25)26)10(4)6-2/h9-11,13-14H,5-8,19H2,1-4H3,(H2,18,22)(H,20,24)(H,21,23)(H,25,26). The molecule has 5 unspecified atom stereocenters. The second-order valence-corrected chi connectivity index (χ2v) is 6.69. The molecule has 0 aliphatic heterocycles. The minimum Gasteiger partial charge on any atom is -0.480 e. The van der Waals surface area contributed by atoms with Crippen LogP contribution < -0.4 is 22.1 Å². The van der Waals surface area contributed by atoms with Crippen LogP contribution in [0.2, 0.25) is 0 Å². The molecule has 0 aromatic heterocycles. The lowest BCUT2D eigenvalue weighted by molar-refractivity contribution is -0.144. The van der Waals surface area contributed by atoms with E-state index in [9.17, 15) is 24.3 Å². The van der Waals surface area contributed by atoms with Crippen LogP contribution in [0.25, 0.3) is 0 Å². The zero-order valence-corrected chi connectivity index (χ0v) is 16.0. The highest BCUT2D eigenvalue weighted by molar-refractivity contribution is 5.92. The number of carboxylic acid groups (broad SMARTS) is 1. The van der Waals surface area contributed by atoms with Crippen LogP contribution in [0.1, 0.15) is 53.4 Å². The van der Waals surface area contributed by atoms with Gasteiger partial charge in [0.15, 0.2) is 0 Å². The van der Waals surface area contributed by atoms with Crippen LogP contribution in [0.5, 0.6) is 0 Å². The average molecular weight is 372 g/mol. The molecular formula is C17H32N4O5. The lowest BCUT2D eigenvalue weighted by Gasteiger charge is -2.26. The Kier molecular flexibility index (Phi) is 10.5. The van der Waals surface area contributed by atoms with Crippen molar-refractivity contribution >= 4 is 23.7 Å². The van der Waals surface area contributed by atoms with Gasteiger partial charge in [0.1, 0.15) is 12.1 Å². The molecule has 0 aromatic carbocycles. The molecule has 0 spiro atoms. The number of nitrogens with one attached hydrogen (secondary N) is 2. The van der Waals surface area contributed by atoms with E-state index in [2.05, 4.69) is 10.6 Å². The summed E-state index contributed by atoms with van der Waals surface area (Å²) in [6, 6.07) is -2.99. The van der Waals surface area contributed by atoms with Crippen LogP contribution in [0.4, 0.5) is 0 Å². The maximum absolute atomic E-state index is 12.5. The van der Waals surface area contributed by atoms with Gasteiger partial charge < -0.3 is 27.2 Å². The van der Waals surface area contributed by atoms with Crippen molar-refractivity contribution in [1.82, 2.24) is 10.6 Å². The first-order chi connectivity index (χ1) is 12.0. The summed E-state index contributed by atoms with van der Waals surface area (Å²) >= 11 is 0. The average Bonchev–Trinajstić information content (AvgIpc) is 2.59. The maximum Gasteiger partial charge on any atom is 0.326 e. The second kappa shape index (κ2) is 11.5. The van der Waals surface area contributed by atoms with E-state index in [4.69, 9.17) is 11.5 Å². The highest BCUT2D eigenvalue weighted by Gasteiger charge is 2.31. The van der Waals surface area contributed by atoms with E-state index in [1.165, 1.54) is 0 Å². The van der Waals surface area contributed by atoms with Crippen LogP contribution >= 0.6 is 0 Å². The van der Waals surface area contributed by atoms with E-state index >= 15 is 0 Å². The van der Waals surface area contributed by atoms with Crippen LogP contribution in [0.15, 0.2) is 0 Å². The minimum atomic E-state index is -1.16. The maximum atomic E-state index is 12.5. The molecule has 0 fully saturated rings. The first-order valence-corrected chi connectivity index (χ1v) is 8.92. The molecule has 9 heteroatoms. The second-order valence-electron chi connectivity index (χ2n) is 6.69. The molecule has 7 N–H and O–H groups in total. The number of rotatable bonds is 12. The molecule has 0 saturated carbocycles. The number of nitrogens with two attached hydrogens (primary N) is 2. The summed E-state index contributed by atoms with van der Waals surface area (Å²) in [5.74, 6) is -3.39. The van der Waals surface area contributed by atoms with Crippen molar-refractivity contribution in [3.63, 3.8) is 0 Å². The molecule has 26 heavy (non-hydrogen) atoms. The number of carbonyl (C=O) groups excluding carboxylic acids is 3. The third-order valence-electron chi connectivity index (χ3n) is 4.65. The lowest BCUT2D eigenvalue weighted by Crippen LogP contribution is -2.56. The number of amides is 3. The SMILES string of the molecule is CCC(C)C(N)C(=O)NC(CCC(N)=O)C(=O)NC(C(=O)O)C(C)CC. The third-order valence-corrected chi connectivity index (χ3v) is 4.65. The Morgan fingerprint density at radius 3 is 1.92 bits per heavy atom. The molecule has 0 saturated heterocycles. The summed E-state index contributed by atoms with van der Waals surface area (Å²) in [5.41, 5.74) is 11.0. The lowest BCUT2D eigenvalue weighted by atomic mass is 9.97. The number of hydrogen-bond acceptors (Lipinski definition) is 5. The van der Waals surface area contributed by atoms with Gasteiger partial charge in [-0.05, 0) is 18.3 Å². The quantitative estimate of drug-likeness (QED) is 0.316. The molecule has 0 aromatic rings. The van der Waals surface area contributed by atoms with Gasteiger partial charge in [-0.25, -0.2) is 4.79 Å². The van der Waals surface area contributed by atoms with E-state index in [1.807, 2.05) is 20.8 Å². The monoisotopic (exact) mass is 372 g/mol. The van der Waals surface area contributed by atoms with Gasteiger partial charge in [0.25, 0.3) is 0 Å². The third kappa shape index (κ3) is 7.81. The predicted molar refractivity (Wildman–Crippen MR) is 96.8 cm³/mol. The van der Waals surface area contributed by atoms with Gasteiger partial charge in [0.2, 0.25) is 17.7 Å². The molecular weight excluding hydrogens is 340 g/mol. The van der Waals surface area contributed by atoms with Crippen molar-refractivity contribution in [2.45, 2.75) is 71.5 Å². The first kappa shape index (κ1) is 23.8.